The van der Waals surface area contributed by atoms with E-state index < -0.39 is 46.5 Å². The molecule has 0 amide bonds. The van der Waals surface area contributed by atoms with Crippen LogP contribution in [0.15, 0.2) is 24.3 Å². The van der Waals surface area contributed by atoms with Crippen molar-refractivity contribution < 1.29 is 38.9 Å². The fourth-order valence-corrected chi connectivity index (χ4v) is 9.35. The van der Waals surface area contributed by atoms with E-state index in [1.54, 1.807) is 18.2 Å². The van der Waals surface area contributed by atoms with Gasteiger partial charge in [0.15, 0.2) is 0 Å². The van der Waals surface area contributed by atoms with E-state index in [0.717, 1.165) is 0 Å². The summed E-state index contributed by atoms with van der Waals surface area (Å²) in [6, 6.07) is 6.68. The summed E-state index contributed by atoms with van der Waals surface area (Å²) in [5.74, 6) is -2.62. The first-order valence-electron chi connectivity index (χ1n) is 13.5. The molecule has 10 nitrogen and oxygen atoms in total. The minimum atomic E-state index is -1.12. The summed E-state index contributed by atoms with van der Waals surface area (Å²) in [6.45, 7) is 9.86. The van der Waals surface area contributed by atoms with E-state index in [4.69, 9.17) is 18.9 Å². The summed E-state index contributed by atoms with van der Waals surface area (Å²) in [4.78, 5) is 24.6. The number of hydrogen-bond donors (Lipinski definition) is 2. The molecule has 1 aromatic carbocycles. The Morgan fingerprint density at radius 3 is 2.51 bits per heavy atom. The Labute approximate surface area is 236 Å². The molecule has 3 fully saturated rings. The number of aliphatic hydroxyl groups excluding tert-OH is 2. The van der Waals surface area contributed by atoms with Gasteiger partial charge in [-0.25, -0.2) is 0 Å². The fourth-order valence-electron chi connectivity index (χ4n) is 7.18. The van der Waals surface area contributed by atoms with Gasteiger partial charge in [-0.05, 0) is 0 Å². The number of para-hydroxylation sites is 1. The van der Waals surface area contributed by atoms with Crippen LogP contribution >= 0.6 is 0 Å². The number of aliphatic hydroxyl groups is 2. The number of nitro groups is 1. The normalized spacial score (nSPS) is 33.1. The molecule has 218 valence electrons. The van der Waals surface area contributed by atoms with Crippen LogP contribution in [0.5, 0.6) is 0 Å². The molecule has 39 heavy (non-hydrogen) atoms. The standard InChI is InChI=1S/C28H41NO9Se/c1-17(15-30)13-27(16-36-26(4,5)38-27)28-18(14-25(28,2)3)22(24(32)37-28)23(31)20(35-6)11-12-39-21-10-8-7-9-19(21)29(33)34/h7-10,17-18,20,22-23,30-31H,11-16H2,1-6H3/t17-,18-,20-,22+,23+,27?,28+/m0/s1. The zero-order valence-electron chi connectivity index (χ0n) is 23.5. The van der Waals surface area contributed by atoms with E-state index in [-0.39, 0.29) is 50.6 Å². The van der Waals surface area contributed by atoms with Gasteiger partial charge in [0.2, 0.25) is 0 Å². The second kappa shape index (κ2) is 11.0. The van der Waals surface area contributed by atoms with Crippen LogP contribution in [-0.2, 0) is 23.7 Å². The quantitative estimate of drug-likeness (QED) is 0.158. The number of carbonyl (C=O) groups is 1. The molecule has 3 aliphatic rings. The summed E-state index contributed by atoms with van der Waals surface area (Å²) in [5.41, 5.74) is -2.37. The van der Waals surface area contributed by atoms with Crippen molar-refractivity contribution in [2.24, 2.45) is 23.2 Å². The molecule has 1 aliphatic carbocycles. The van der Waals surface area contributed by atoms with E-state index in [1.807, 2.05) is 20.8 Å². The fraction of sp³-hybridized carbons (Fsp3) is 0.750. The molecule has 2 saturated heterocycles. The molecule has 1 saturated carbocycles. The maximum absolute atomic E-state index is 13.6. The number of hydrogen-bond acceptors (Lipinski definition) is 9. The Balaban J connectivity index is 1.56. The average molecular weight is 615 g/mol. The first-order valence-corrected chi connectivity index (χ1v) is 15.6. The number of benzene rings is 1. The van der Waals surface area contributed by atoms with Gasteiger partial charge in [0.05, 0.1) is 0 Å². The third kappa shape index (κ3) is 5.16. The van der Waals surface area contributed by atoms with Crippen LogP contribution in [0.3, 0.4) is 0 Å². The van der Waals surface area contributed by atoms with Gasteiger partial charge in [-0.2, -0.15) is 0 Å². The molecular weight excluding hydrogens is 573 g/mol. The number of esters is 1. The van der Waals surface area contributed by atoms with Gasteiger partial charge in [-0.1, -0.05) is 0 Å². The van der Waals surface area contributed by atoms with Gasteiger partial charge in [0, 0.05) is 0 Å². The van der Waals surface area contributed by atoms with E-state index >= 15 is 0 Å². The van der Waals surface area contributed by atoms with Crippen LogP contribution in [0, 0.1) is 33.3 Å². The van der Waals surface area contributed by atoms with Crippen molar-refractivity contribution in [1.29, 1.82) is 0 Å². The minimum absolute atomic E-state index is 0.0419. The molecule has 0 radical (unpaired) electrons. The third-order valence-electron chi connectivity index (χ3n) is 8.76. The van der Waals surface area contributed by atoms with Gasteiger partial charge >= 0.3 is 236 Å². The van der Waals surface area contributed by atoms with Crippen LogP contribution in [0.2, 0.25) is 5.32 Å². The number of ether oxygens (including phenoxy) is 4. The van der Waals surface area contributed by atoms with Gasteiger partial charge in [-0.15, -0.1) is 0 Å². The zero-order chi connectivity index (χ0) is 28.8. The van der Waals surface area contributed by atoms with E-state index in [2.05, 4.69) is 13.8 Å². The summed E-state index contributed by atoms with van der Waals surface area (Å²) in [6.07, 6.45) is -0.230. The molecule has 7 atom stereocenters. The van der Waals surface area contributed by atoms with Crippen molar-refractivity contribution in [3.8, 4) is 0 Å². The van der Waals surface area contributed by atoms with Crippen molar-refractivity contribution in [2.75, 3.05) is 20.3 Å². The number of fused-ring (bicyclic) bond motifs is 1. The Morgan fingerprint density at radius 1 is 1.26 bits per heavy atom. The van der Waals surface area contributed by atoms with Gasteiger partial charge in [0.25, 0.3) is 0 Å². The number of rotatable bonds is 12. The first kappa shape index (κ1) is 30.4. The number of nitro benzene ring substituents is 1. The van der Waals surface area contributed by atoms with Crippen molar-refractivity contribution in [2.45, 2.75) is 88.4 Å². The van der Waals surface area contributed by atoms with Crippen molar-refractivity contribution in [1.82, 2.24) is 0 Å². The van der Waals surface area contributed by atoms with Gasteiger partial charge in [0.1, 0.15) is 0 Å². The van der Waals surface area contributed by atoms with Crippen molar-refractivity contribution >= 4 is 31.1 Å². The predicted molar refractivity (Wildman–Crippen MR) is 144 cm³/mol. The molecular formula is C28H41NO9Se. The van der Waals surface area contributed by atoms with Crippen LogP contribution in [-0.4, -0.2) is 85.6 Å². The van der Waals surface area contributed by atoms with Crippen LogP contribution < -0.4 is 4.46 Å². The first-order chi connectivity index (χ1) is 18.2. The summed E-state index contributed by atoms with van der Waals surface area (Å²) in [7, 11) is 1.50. The monoisotopic (exact) mass is 615 g/mol. The second-order valence-corrected chi connectivity index (χ2v) is 14.7. The van der Waals surface area contributed by atoms with Gasteiger partial charge < -0.3 is 0 Å². The summed E-state index contributed by atoms with van der Waals surface area (Å²) >= 11 is -0.205. The van der Waals surface area contributed by atoms with Gasteiger partial charge in [-0.3, -0.25) is 0 Å². The number of methoxy groups -OCH3 is 1. The predicted octanol–water partition coefficient (Wildman–Crippen LogP) is 2.61. The Bertz CT molecular complexity index is 1080. The molecule has 0 bridgehead atoms. The van der Waals surface area contributed by atoms with Crippen LogP contribution in [0.4, 0.5) is 5.69 Å². The van der Waals surface area contributed by atoms with Crippen LogP contribution in [0.1, 0.15) is 53.9 Å². The number of carbonyl (C=O) groups excluding carboxylic acids is 1. The molecule has 1 unspecified atom stereocenters. The Morgan fingerprint density at radius 2 is 1.95 bits per heavy atom. The molecule has 0 aromatic heterocycles. The summed E-state index contributed by atoms with van der Waals surface area (Å²) < 4.78 is 25.3. The SMILES string of the molecule is CO[C@@H](CC[Se]c1ccccc1[N+](=O)[O-])[C@@H](O)[C@@H]1C(=O)O[C@]2(C3(C[C@H](C)CO)COC(C)(C)O3)[C@H]1CC2(C)C. The molecule has 2 N–H and O–H groups in total. The number of nitrogens with zero attached hydrogens (tertiary/aromatic N) is 1. The molecule has 11 heteroatoms. The molecule has 4 rings (SSSR count). The molecule has 2 aliphatic heterocycles. The topological polar surface area (TPSA) is 138 Å². The Hall–Kier alpha value is -1.59. The molecule has 2 heterocycles. The summed E-state index contributed by atoms with van der Waals surface area (Å²) in [5, 5.41) is 33.4. The van der Waals surface area contributed by atoms with E-state index in [1.165, 1.54) is 13.2 Å². The van der Waals surface area contributed by atoms with Crippen LogP contribution in [0.25, 0.3) is 0 Å². The van der Waals surface area contributed by atoms with Crippen molar-refractivity contribution in [3.63, 3.8) is 0 Å². The van der Waals surface area contributed by atoms with E-state index in [0.29, 0.717) is 29.0 Å². The maximum atomic E-state index is 13.6. The average Bonchev–Trinajstić information content (AvgIpc) is 3.32. The van der Waals surface area contributed by atoms with E-state index in [9.17, 15) is 25.1 Å². The zero-order valence-corrected chi connectivity index (χ0v) is 25.3. The second-order valence-electron chi connectivity index (χ2n) is 12.3. The third-order valence-corrected chi connectivity index (χ3v) is 11.1. The van der Waals surface area contributed by atoms with Crippen molar-refractivity contribution in [3.05, 3.63) is 34.4 Å². The molecule has 0 spiro atoms. The molecule has 1 aromatic rings. The Kier molecular flexibility index (Phi) is 8.57.